The summed E-state index contributed by atoms with van der Waals surface area (Å²) in [4.78, 5) is 24.0. The first kappa shape index (κ1) is 15.5. The highest BCUT2D eigenvalue weighted by molar-refractivity contribution is 5.79. The van der Waals surface area contributed by atoms with Gasteiger partial charge in [-0.15, -0.1) is 0 Å². The predicted octanol–water partition coefficient (Wildman–Crippen LogP) is 1.98. The number of aliphatic hydroxyl groups excluding tert-OH is 1. The van der Waals surface area contributed by atoms with Gasteiger partial charge < -0.3 is 14.6 Å². The van der Waals surface area contributed by atoms with Crippen LogP contribution in [0.2, 0.25) is 0 Å². The van der Waals surface area contributed by atoms with Gasteiger partial charge in [0.15, 0.2) is 6.61 Å². The second-order valence-electron chi connectivity index (χ2n) is 6.78. The van der Waals surface area contributed by atoms with Gasteiger partial charge in [-0.05, 0) is 38.5 Å². The number of carbonyl (C=O) groups is 2. The fraction of sp³-hybridized carbons (Fsp3) is 0.765. The van der Waals surface area contributed by atoms with Gasteiger partial charge in [0.25, 0.3) is 0 Å². The molecule has 122 valence electrons. The molecule has 2 saturated carbocycles. The van der Waals surface area contributed by atoms with Crippen LogP contribution in [0.1, 0.15) is 45.4 Å². The van der Waals surface area contributed by atoms with E-state index >= 15 is 0 Å². The van der Waals surface area contributed by atoms with E-state index in [4.69, 9.17) is 9.47 Å². The van der Waals surface area contributed by atoms with Crippen LogP contribution < -0.4 is 0 Å². The number of carbonyl (C=O) groups excluding carboxylic acids is 2. The number of esters is 2. The molecule has 0 amide bonds. The fourth-order valence-electron chi connectivity index (χ4n) is 4.13. The van der Waals surface area contributed by atoms with Gasteiger partial charge in [0.1, 0.15) is 5.60 Å². The Kier molecular flexibility index (Phi) is 4.26. The second-order valence-corrected chi connectivity index (χ2v) is 6.78. The van der Waals surface area contributed by atoms with E-state index in [0.717, 1.165) is 32.1 Å². The lowest BCUT2D eigenvalue weighted by molar-refractivity contribution is -0.172. The maximum atomic E-state index is 12.1. The van der Waals surface area contributed by atoms with Crippen LogP contribution in [0.3, 0.4) is 0 Å². The topological polar surface area (TPSA) is 72.8 Å². The molecular weight excluding hydrogens is 284 g/mol. The van der Waals surface area contributed by atoms with Crippen LogP contribution in [0.15, 0.2) is 12.2 Å². The number of fused-ring (bicyclic) bond motifs is 2. The molecule has 1 N–H and O–H groups in total. The molecule has 5 nitrogen and oxygen atoms in total. The molecule has 0 aromatic heterocycles. The molecule has 0 aliphatic heterocycles. The van der Waals surface area contributed by atoms with E-state index in [-0.39, 0.29) is 30.0 Å². The summed E-state index contributed by atoms with van der Waals surface area (Å²) in [6.45, 7) is 1.70. The second kappa shape index (κ2) is 6.03. The predicted molar refractivity (Wildman–Crippen MR) is 78.8 cm³/mol. The van der Waals surface area contributed by atoms with E-state index in [1.165, 1.54) is 0 Å². The van der Waals surface area contributed by atoms with Gasteiger partial charge >= 0.3 is 11.9 Å². The molecular formula is C17H24O5. The van der Waals surface area contributed by atoms with Crippen molar-refractivity contribution in [3.8, 4) is 0 Å². The zero-order chi connectivity index (χ0) is 15.7. The van der Waals surface area contributed by atoms with Crippen molar-refractivity contribution in [3.05, 3.63) is 12.2 Å². The highest BCUT2D eigenvalue weighted by Crippen LogP contribution is 2.44. The Morgan fingerprint density at radius 3 is 2.55 bits per heavy atom. The molecule has 3 aliphatic carbocycles. The largest absolute Gasteiger partial charge is 0.457 e. The summed E-state index contributed by atoms with van der Waals surface area (Å²) in [6, 6.07) is 0. The molecule has 0 heterocycles. The molecule has 5 heteroatoms. The number of rotatable bonds is 5. The molecule has 0 radical (unpaired) electrons. The average Bonchev–Trinajstić information content (AvgIpc) is 3.21. The van der Waals surface area contributed by atoms with Crippen molar-refractivity contribution in [2.24, 2.45) is 17.8 Å². The zero-order valence-electron chi connectivity index (χ0n) is 13.0. The van der Waals surface area contributed by atoms with E-state index in [1.54, 1.807) is 0 Å². The molecule has 4 atom stereocenters. The quantitative estimate of drug-likeness (QED) is 0.621. The SMILES string of the molecule is CCC1(OC(=O)COC(=O)C2CC3C=CC2C3O)CCCC1. The van der Waals surface area contributed by atoms with Crippen molar-refractivity contribution in [1.29, 1.82) is 0 Å². The number of hydrogen-bond acceptors (Lipinski definition) is 5. The standard InChI is InChI=1S/C17H24O5/c1-2-17(7-3-4-8-17)22-14(18)10-21-16(20)13-9-11-5-6-12(13)15(11)19/h5-6,11-13,15,19H,2-4,7-10H2,1H3. The van der Waals surface area contributed by atoms with Crippen LogP contribution in [0.5, 0.6) is 0 Å². The smallest absolute Gasteiger partial charge is 0.344 e. The average molecular weight is 308 g/mol. The third kappa shape index (κ3) is 2.78. The molecule has 3 aliphatic rings. The first-order valence-electron chi connectivity index (χ1n) is 8.29. The summed E-state index contributed by atoms with van der Waals surface area (Å²) in [5.41, 5.74) is -0.352. The van der Waals surface area contributed by atoms with Crippen molar-refractivity contribution >= 4 is 11.9 Å². The first-order valence-corrected chi connectivity index (χ1v) is 8.29. The summed E-state index contributed by atoms with van der Waals surface area (Å²) in [7, 11) is 0. The Bertz CT molecular complexity index is 477. The lowest BCUT2D eigenvalue weighted by Crippen LogP contribution is -2.34. The highest BCUT2D eigenvalue weighted by atomic mass is 16.6. The van der Waals surface area contributed by atoms with E-state index in [2.05, 4.69) is 0 Å². The first-order chi connectivity index (χ1) is 10.5. The fourth-order valence-corrected chi connectivity index (χ4v) is 4.13. The van der Waals surface area contributed by atoms with Crippen molar-refractivity contribution in [3.63, 3.8) is 0 Å². The van der Waals surface area contributed by atoms with Gasteiger partial charge in [-0.2, -0.15) is 0 Å². The molecule has 0 spiro atoms. The Balaban J connectivity index is 1.47. The van der Waals surface area contributed by atoms with Crippen molar-refractivity contribution in [2.45, 2.75) is 57.2 Å². The van der Waals surface area contributed by atoms with Crippen LogP contribution in [0.4, 0.5) is 0 Å². The molecule has 0 aromatic carbocycles. The Hall–Kier alpha value is -1.36. The monoisotopic (exact) mass is 308 g/mol. The van der Waals surface area contributed by atoms with Crippen LogP contribution in [0, 0.1) is 17.8 Å². The summed E-state index contributed by atoms with van der Waals surface area (Å²) < 4.78 is 10.7. The zero-order valence-corrected chi connectivity index (χ0v) is 13.0. The molecule has 0 saturated heterocycles. The molecule has 22 heavy (non-hydrogen) atoms. The van der Waals surface area contributed by atoms with Gasteiger partial charge in [0.2, 0.25) is 0 Å². The van der Waals surface area contributed by atoms with E-state index in [1.807, 2.05) is 19.1 Å². The minimum atomic E-state index is -0.480. The number of ether oxygens (including phenoxy) is 2. The minimum absolute atomic E-state index is 0.0522. The van der Waals surface area contributed by atoms with Crippen molar-refractivity contribution in [1.82, 2.24) is 0 Å². The summed E-state index contributed by atoms with van der Waals surface area (Å²) in [5, 5.41) is 9.92. The van der Waals surface area contributed by atoms with Gasteiger partial charge in [-0.1, -0.05) is 19.1 Å². The van der Waals surface area contributed by atoms with Crippen molar-refractivity contribution in [2.75, 3.05) is 6.61 Å². The Morgan fingerprint density at radius 2 is 2.00 bits per heavy atom. The number of aliphatic hydroxyl groups is 1. The molecule has 2 fully saturated rings. The summed E-state index contributed by atoms with van der Waals surface area (Å²) in [5.74, 6) is -1.30. The third-order valence-electron chi connectivity index (χ3n) is 5.53. The summed E-state index contributed by atoms with van der Waals surface area (Å²) >= 11 is 0. The van der Waals surface area contributed by atoms with Gasteiger partial charge in [-0.3, -0.25) is 4.79 Å². The highest BCUT2D eigenvalue weighted by Gasteiger charge is 2.47. The van der Waals surface area contributed by atoms with Crippen molar-refractivity contribution < 1.29 is 24.2 Å². The van der Waals surface area contributed by atoms with Crippen LogP contribution >= 0.6 is 0 Å². The molecule has 3 rings (SSSR count). The maximum absolute atomic E-state index is 12.1. The summed E-state index contributed by atoms with van der Waals surface area (Å²) in [6.07, 6.45) is 8.72. The van der Waals surface area contributed by atoms with Gasteiger partial charge in [0, 0.05) is 11.8 Å². The lowest BCUT2D eigenvalue weighted by Gasteiger charge is -2.27. The van der Waals surface area contributed by atoms with Gasteiger partial charge in [-0.25, -0.2) is 4.79 Å². The molecule has 4 unspecified atom stereocenters. The maximum Gasteiger partial charge on any atom is 0.344 e. The van der Waals surface area contributed by atoms with E-state index in [0.29, 0.717) is 6.42 Å². The molecule has 2 bridgehead atoms. The minimum Gasteiger partial charge on any atom is -0.457 e. The van der Waals surface area contributed by atoms with E-state index < -0.39 is 18.0 Å². The van der Waals surface area contributed by atoms with Crippen LogP contribution in [-0.2, 0) is 19.1 Å². The Labute approximate surface area is 130 Å². The number of hydrogen-bond donors (Lipinski definition) is 1. The van der Waals surface area contributed by atoms with Gasteiger partial charge in [0.05, 0.1) is 12.0 Å². The lowest BCUT2D eigenvalue weighted by atomic mass is 9.94. The van der Waals surface area contributed by atoms with E-state index in [9.17, 15) is 14.7 Å². The Morgan fingerprint density at radius 1 is 1.27 bits per heavy atom. The normalized spacial score (nSPS) is 34.8. The van der Waals surface area contributed by atoms with Crippen LogP contribution in [-0.4, -0.2) is 35.4 Å². The van der Waals surface area contributed by atoms with Crippen LogP contribution in [0.25, 0.3) is 0 Å². The molecule has 0 aromatic rings. The third-order valence-corrected chi connectivity index (χ3v) is 5.53.